The molecule has 0 unspecified atom stereocenters. The number of nitrogens with two attached hydrogens (primary N) is 1. The van der Waals surface area contributed by atoms with Crippen LogP contribution in [0.15, 0.2) is 24.5 Å². The second-order valence-corrected chi connectivity index (χ2v) is 8.75. The molecule has 1 saturated carbocycles. The van der Waals surface area contributed by atoms with E-state index in [0.29, 0.717) is 40.7 Å². The number of hydrogen-bond acceptors (Lipinski definition) is 7. The number of halogens is 1. The number of aromatic nitrogens is 4. The Hall–Kier alpha value is -3.43. The van der Waals surface area contributed by atoms with Crippen LogP contribution >= 0.6 is 0 Å². The second-order valence-electron chi connectivity index (χ2n) is 8.75. The quantitative estimate of drug-likeness (QED) is 0.567. The minimum Gasteiger partial charge on any atom is -0.475 e. The highest BCUT2D eigenvalue weighted by molar-refractivity contribution is 6.04. The molecule has 0 radical (unpaired) electrons. The fourth-order valence-corrected chi connectivity index (χ4v) is 5.18. The van der Waals surface area contributed by atoms with Crippen molar-refractivity contribution < 1.29 is 13.9 Å². The zero-order valence-corrected chi connectivity index (χ0v) is 17.1. The molecular weight excluding hydrogens is 401 g/mol. The monoisotopic (exact) mass is 423 g/mol. The lowest BCUT2D eigenvalue weighted by molar-refractivity contribution is 0.0928. The highest BCUT2D eigenvalue weighted by Crippen LogP contribution is 2.62. The number of amides is 1. The average molecular weight is 423 g/mol. The summed E-state index contributed by atoms with van der Waals surface area (Å²) in [5.41, 5.74) is 7.40. The van der Waals surface area contributed by atoms with Crippen molar-refractivity contribution in [3.63, 3.8) is 0 Å². The molecule has 2 bridgehead atoms. The normalized spacial score (nSPS) is 29.2. The molecule has 3 N–H and O–H groups in total. The van der Waals surface area contributed by atoms with E-state index in [1.807, 2.05) is 13.0 Å². The van der Waals surface area contributed by atoms with Crippen LogP contribution in [-0.2, 0) is 0 Å². The van der Waals surface area contributed by atoms with Gasteiger partial charge in [0.25, 0.3) is 5.91 Å². The van der Waals surface area contributed by atoms with Crippen molar-refractivity contribution in [3.05, 3.63) is 41.5 Å². The van der Waals surface area contributed by atoms with Crippen molar-refractivity contribution in [1.29, 1.82) is 0 Å². The molecule has 1 amide bonds. The molecule has 3 aromatic heterocycles. The van der Waals surface area contributed by atoms with Gasteiger partial charge in [-0.1, -0.05) is 6.92 Å². The number of nitrogens with one attached hydrogen (secondary N) is 1. The highest BCUT2D eigenvalue weighted by atomic mass is 19.1. The van der Waals surface area contributed by atoms with Gasteiger partial charge in [0.2, 0.25) is 5.88 Å². The van der Waals surface area contributed by atoms with E-state index >= 15 is 0 Å². The Balaban J connectivity index is 1.56. The van der Waals surface area contributed by atoms with Crippen molar-refractivity contribution in [2.24, 2.45) is 17.8 Å². The molecule has 160 valence electrons. The van der Waals surface area contributed by atoms with Gasteiger partial charge in [-0.3, -0.25) is 4.79 Å². The Kier molecular flexibility index (Phi) is 3.72. The van der Waals surface area contributed by atoms with Gasteiger partial charge >= 0.3 is 0 Å². The van der Waals surface area contributed by atoms with Crippen LogP contribution in [0.5, 0.6) is 5.88 Å². The number of hydrogen-bond donors (Lipinski definition) is 2. The SMILES string of the molecule is C[C@@H]1[C@@H]2CN3c4ccn5nc(N)c(c5n4)C(=O)N[C@H](C)COc4ncc(F)cc4[C@H]3[C@H]12. The number of fused-ring (bicyclic) bond motifs is 7. The first kappa shape index (κ1) is 18.3. The summed E-state index contributed by atoms with van der Waals surface area (Å²) < 4.78 is 21.8. The summed E-state index contributed by atoms with van der Waals surface area (Å²) in [5.74, 6) is 1.80. The largest absolute Gasteiger partial charge is 0.475 e. The summed E-state index contributed by atoms with van der Waals surface area (Å²) in [5, 5.41) is 7.11. The molecule has 3 aliphatic rings. The molecule has 2 fully saturated rings. The van der Waals surface area contributed by atoms with E-state index in [2.05, 4.69) is 27.2 Å². The zero-order valence-electron chi connectivity index (χ0n) is 17.1. The maximum atomic E-state index is 14.3. The van der Waals surface area contributed by atoms with E-state index in [4.69, 9.17) is 15.5 Å². The molecule has 0 aromatic carbocycles. The number of nitrogens with zero attached hydrogens (tertiary/aromatic N) is 5. The summed E-state index contributed by atoms with van der Waals surface area (Å²) >= 11 is 0. The first-order valence-electron chi connectivity index (χ1n) is 10.4. The van der Waals surface area contributed by atoms with Crippen molar-refractivity contribution in [3.8, 4) is 5.88 Å². The van der Waals surface area contributed by atoms with Gasteiger partial charge in [0.15, 0.2) is 11.5 Å². The summed E-state index contributed by atoms with van der Waals surface area (Å²) in [4.78, 5) is 24.1. The summed E-state index contributed by atoms with van der Waals surface area (Å²) in [6.07, 6.45) is 2.91. The lowest BCUT2D eigenvalue weighted by Gasteiger charge is -2.30. The molecule has 1 aliphatic carbocycles. The summed E-state index contributed by atoms with van der Waals surface area (Å²) in [7, 11) is 0. The van der Waals surface area contributed by atoms with Crippen molar-refractivity contribution in [1.82, 2.24) is 24.9 Å². The smallest absolute Gasteiger partial charge is 0.259 e. The van der Waals surface area contributed by atoms with Crippen LogP contribution in [0.1, 0.15) is 35.8 Å². The molecular formula is C21H22FN7O2. The number of pyridine rings is 1. The van der Waals surface area contributed by atoms with Crippen LogP contribution < -0.4 is 20.7 Å². The molecule has 3 aromatic rings. The summed E-state index contributed by atoms with van der Waals surface area (Å²) in [6.45, 7) is 5.01. The minimum atomic E-state index is -0.404. The summed E-state index contributed by atoms with van der Waals surface area (Å²) in [6, 6.07) is 2.91. The molecule has 9 nitrogen and oxygen atoms in total. The molecule has 1 saturated heterocycles. The average Bonchev–Trinajstić information content (AvgIpc) is 3.08. The van der Waals surface area contributed by atoms with Crippen LogP contribution in [-0.4, -0.2) is 44.7 Å². The first-order chi connectivity index (χ1) is 14.9. The van der Waals surface area contributed by atoms with Crippen molar-refractivity contribution in [2.75, 3.05) is 23.8 Å². The maximum Gasteiger partial charge on any atom is 0.259 e. The number of anilines is 2. The van der Waals surface area contributed by atoms with Gasteiger partial charge in [-0.25, -0.2) is 18.9 Å². The molecule has 6 rings (SSSR count). The molecule has 0 spiro atoms. The predicted molar refractivity (Wildman–Crippen MR) is 110 cm³/mol. The Morgan fingerprint density at radius 3 is 3.03 bits per heavy atom. The van der Waals surface area contributed by atoms with E-state index in [0.717, 1.165) is 12.7 Å². The minimum absolute atomic E-state index is 0.114. The van der Waals surface area contributed by atoms with Crippen LogP contribution in [0.3, 0.4) is 0 Å². The van der Waals surface area contributed by atoms with E-state index in [9.17, 15) is 9.18 Å². The zero-order chi connectivity index (χ0) is 21.4. The molecule has 31 heavy (non-hydrogen) atoms. The molecule has 5 atom stereocenters. The van der Waals surface area contributed by atoms with Gasteiger partial charge in [-0.05, 0) is 36.8 Å². The fraction of sp³-hybridized carbons (Fsp3) is 0.429. The van der Waals surface area contributed by atoms with E-state index in [1.165, 1.54) is 10.6 Å². The maximum absolute atomic E-state index is 14.3. The Morgan fingerprint density at radius 2 is 2.19 bits per heavy atom. The third-order valence-electron chi connectivity index (χ3n) is 6.77. The third-order valence-corrected chi connectivity index (χ3v) is 6.77. The standard InChI is InChI=1S/C21H22FN7O2/c1-9-8-31-21-12(5-11(22)6-24-21)17-15-10(2)13(15)7-28(17)14-3-4-29-19(26-14)16(18(23)27-29)20(30)25-9/h3-6,9-10,13,15,17H,7-8H2,1-2H3,(H2,23,27)(H,25,30)/t9-,10-,13+,15-,17+/m1/s1. The lowest BCUT2D eigenvalue weighted by atomic mass is 10.0. The van der Waals surface area contributed by atoms with Gasteiger partial charge in [-0.15, -0.1) is 5.10 Å². The van der Waals surface area contributed by atoms with Crippen molar-refractivity contribution >= 4 is 23.2 Å². The van der Waals surface area contributed by atoms with Gasteiger partial charge in [-0.2, -0.15) is 0 Å². The second kappa shape index (κ2) is 6.29. The van der Waals surface area contributed by atoms with Crippen LogP contribution in [0.4, 0.5) is 16.0 Å². The Morgan fingerprint density at radius 1 is 1.35 bits per heavy atom. The molecule has 10 heteroatoms. The fourth-order valence-electron chi connectivity index (χ4n) is 5.18. The first-order valence-corrected chi connectivity index (χ1v) is 10.4. The van der Waals surface area contributed by atoms with Crippen molar-refractivity contribution in [2.45, 2.75) is 25.9 Å². The number of piperidine rings is 1. The van der Waals surface area contributed by atoms with E-state index in [1.54, 1.807) is 6.20 Å². The van der Waals surface area contributed by atoms with Crippen LogP contribution in [0.2, 0.25) is 0 Å². The van der Waals surface area contributed by atoms with Crippen LogP contribution in [0.25, 0.3) is 5.65 Å². The number of rotatable bonds is 0. The van der Waals surface area contributed by atoms with Crippen LogP contribution in [0, 0.1) is 23.6 Å². The Labute approximate surface area is 177 Å². The number of nitrogen functional groups attached to an aromatic ring is 1. The topological polar surface area (TPSA) is 111 Å². The van der Waals surface area contributed by atoms with Gasteiger partial charge in [0.05, 0.1) is 18.3 Å². The van der Waals surface area contributed by atoms with E-state index < -0.39 is 5.82 Å². The van der Waals surface area contributed by atoms with Gasteiger partial charge < -0.3 is 20.7 Å². The van der Waals surface area contributed by atoms with E-state index in [-0.39, 0.29) is 36.0 Å². The molecule has 2 aliphatic heterocycles. The Bertz CT molecular complexity index is 1230. The highest BCUT2D eigenvalue weighted by Gasteiger charge is 2.60. The molecule has 5 heterocycles. The lowest BCUT2D eigenvalue weighted by Crippen LogP contribution is -2.37. The number of carbonyl (C=O) groups excluding carboxylic acids is 1. The van der Waals surface area contributed by atoms with Gasteiger partial charge in [0, 0.05) is 18.3 Å². The van der Waals surface area contributed by atoms with Gasteiger partial charge in [0.1, 0.15) is 23.8 Å². The number of ether oxygens (including phenoxy) is 1. The predicted octanol–water partition coefficient (Wildman–Crippen LogP) is 1.80. The number of carbonyl (C=O) groups is 1. The third kappa shape index (κ3) is 2.67.